The number of benzene rings is 2. The zero-order chi connectivity index (χ0) is 23.4. The second-order valence-electron chi connectivity index (χ2n) is 7.41. The summed E-state index contributed by atoms with van der Waals surface area (Å²) >= 11 is 7.04. The Morgan fingerprint density at radius 2 is 1.73 bits per heavy atom. The van der Waals surface area contributed by atoms with E-state index in [-0.39, 0.29) is 11.7 Å². The highest BCUT2D eigenvalue weighted by molar-refractivity contribution is 7.99. The zero-order valence-corrected chi connectivity index (χ0v) is 20.2. The topological polar surface area (TPSA) is 109 Å². The summed E-state index contributed by atoms with van der Waals surface area (Å²) in [5, 5.41) is 11.7. The van der Waals surface area contributed by atoms with Crippen LogP contribution in [0.1, 0.15) is 0 Å². The van der Waals surface area contributed by atoms with Crippen LogP contribution in [0.5, 0.6) is 0 Å². The molecule has 3 aromatic rings. The van der Waals surface area contributed by atoms with Crippen LogP contribution in [-0.4, -0.2) is 67.0 Å². The van der Waals surface area contributed by atoms with Gasteiger partial charge in [-0.15, -0.1) is 10.2 Å². The van der Waals surface area contributed by atoms with Crippen LogP contribution >= 0.6 is 23.4 Å². The molecular formula is C21H22ClN5O4S2. The molecule has 0 saturated carbocycles. The van der Waals surface area contributed by atoms with Crippen LogP contribution in [0.4, 0.5) is 11.4 Å². The molecule has 2 aromatic carbocycles. The van der Waals surface area contributed by atoms with E-state index in [1.807, 2.05) is 24.3 Å². The third-order valence-corrected chi connectivity index (χ3v) is 7.42. The van der Waals surface area contributed by atoms with Crippen molar-refractivity contribution in [2.75, 3.05) is 48.4 Å². The number of amides is 1. The van der Waals surface area contributed by atoms with Gasteiger partial charge in [0.25, 0.3) is 5.22 Å². The van der Waals surface area contributed by atoms with Crippen molar-refractivity contribution < 1.29 is 17.6 Å². The highest BCUT2D eigenvalue weighted by atomic mass is 35.5. The number of carbonyl (C=O) groups is 1. The van der Waals surface area contributed by atoms with E-state index in [0.29, 0.717) is 48.0 Å². The SMILES string of the molecule is CS(=O)(=O)N1CCN(c2ccc(NC(=O)CSc3nnc(-c4ccc(Cl)cc4)o3)cc2)CC1. The van der Waals surface area contributed by atoms with E-state index >= 15 is 0 Å². The van der Waals surface area contributed by atoms with Gasteiger partial charge in [0, 0.05) is 48.1 Å². The standard InChI is InChI=1S/C21H22ClN5O4S2/c1-33(29,30)27-12-10-26(11-13-27)18-8-6-17(7-9-18)23-19(28)14-32-21-25-24-20(31-21)15-2-4-16(22)5-3-15/h2-9H,10-14H2,1H3,(H,23,28). The minimum atomic E-state index is -3.15. The Kier molecular flexibility index (Phi) is 7.23. The van der Waals surface area contributed by atoms with E-state index in [0.717, 1.165) is 23.0 Å². The van der Waals surface area contributed by atoms with Gasteiger partial charge in [0.15, 0.2) is 0 Å². The highest BCUT2D eigenvalue weighted by Crippen LogP contribution is 2.25. The molecule has 0 spiro atoms. The maximum absolute atomic E-state index is 12.3. The van der Waals surface area contributed by atoms with Crippen LogP contribution in [0.3, 0.4) is 0 Å². The van der Waals surface area contributed by atoms with Gasteiger partial charge >= 0.3 is 0 Å². The quantitative estimate of drug-likeness (QED) is 0.486. The van der Waals surface area contributed by atoms with E-state index in [9.17, 15) is 13.2 Å². The summed E-state index contributed by atoms with van der Waals surface area (Å²) in [4.78, 5) is 14.4. The number of thioether (sulfide) groups is 1. The molecule has 0 unspecified atom stereocenters. The summed E-state index contributed by atoms with van der Waals surface area (Å²) in [5.41, 5.74) is 2.41. The largest absolute Gasteiger partial charge is 0.411 e. The van der Waals surface area contributed by atoms with Crippen molar-refractivity contribution in [3.8, 4) is 11.5 Å². The lowest BCUT2D eigenvalue weighted by molar-refractivity contribution is -0.113. The fourth-order valence-corrected chi connectivity index (χ4v) is 4.85. The van der Waals surface area contributed by atoms with E-state index < -0.39 is 10.0 Å². The predicted molar refractivity (Wildman–Crippen MR) is 129 cm³/mol. The molecule has 1 aromatic heterocycles. The molecule has 0 bridgehead atoms. The van der Waals surface area contributed by atoms with Crippen LogP contribution in [0.2, 0.25) is 5.02 Å². The molecule has 4 rings (SSSR count). The van der Waals surface area contributed by atoms with E-state index in [1.54, 1.807) is 24.3 Å². The van der Waals surface area contributed by atoms with E-state index in [4.69, 9.17) is 16.0 Å². The van der Waals surface area contributed by atoms with E-state index in [1.165, 1.54) is 10.6 Å². The van der Waals surface area contributed by atoms with Crippen molar-refractivity contribution in [2.45, 2.75) is 5.22 Å². The lowest BCUT2D eigenvalue weighted by Gasteiger charge is -2.34. The third-order valence-electron chi connectivity index (χ3n) is 5.05. The number of anilines is 2. The molecule has 174 valence electrons. The Morgan fingerprint density at radius 1 is 1.06 bits per heavy atom. The normalized spacial score (nSPS) is 14.9. The smallest absolute Gasteiger partial charge is 0.277 e. The van der Waals surface area contributed by atoms with Crippen LogP contribution in [-0.2, 0) is 14.8 Å². The highest BCUT2D eigenvalue weighted by Gasteiger charge is 2.23. The van der Waals surface area contributed by atoms with Crippen molar-refractivity contribution >= 4 is 50.7 Å². The summed E-state index contributed by atoms with van der Waals surface area (Å²) in [5.74, 6) is 0.292. The van der Waals surface area contributed by atoms with Crippen molar-refractivity contribution in [3.63, 3.8) is 0 Å². The first-order valence-electron chi connectivity index (χ1n) is 10.1. The average molecular weight is 508 g/mol. The Labute approximate surface area is 201 Å². The van der Waals surface area contributed by atoms with Crippen LogP contribution in [0.15, 0.2) is 58.2 Å². The second kappa shape index (κ2) is 10.1. The Balaban J connectivity index is 1.26. The number of nitrogens with zero attached hydrogens (tertiary/aromatic N) is 4. The Hall–Kier alpha value is -2.60. The fraction of sp³-hybridized carbons (Fsp3) is 0.286. The molecule has 12 heteroatoms. The molecule has 1 aliphatic heterocycles. The van der Waals surface area contributed by atoms with Gasteiger partial charge in [-0.05, 0) is 48.5 Å². The van der Waals surface area contributed by atoms with Crippen LogP contribution < -0.4 is 10.2 Å². The molecule has 1 saturated heterocycles. The van der Waals surface area contributed by atoms with Gasteiger partial charge in [-0.1, -0.05) is 23.4 Å². The number of piperazine rings is 1. The van der Waals surface area contributed by atoms with Gasteiger partial charge in [-0.25, -0.2) is 8.42 Å². The molecule has 0 aliphatic carbocycles. The van der Waals surface area contributed by atoms with Gasteiger partial charge < -0.3 is 14.6 Å². The first-order valence-corrected chi connectivity index (χ1v) is 13.3. The molecule has 1 N–H and O–H groups in total. The van der Waals surface area contributed by atoms with Crippen molar-refractivity contribution in [1.82, 2.24) is 14.5 Å². The van der Waals surface area contributed by atoms with Gasteiger partial charge in [0.2, 0.25) is 21.8 Å². The average Bonchev–Trinajstić information content (AvgIpc) is 3.27. The van der Waals surface area contributed by atoms with Crippen LogP contribution in [0, 0.1) is 0 Å². The molecule has 1 fully saturated rings. The maximum Gasteiger partial charge on any atom is 0.277 e. The molecule has 0 atom stereocenters. The minimum Gasteiger partial charge on any atom is -0.411 e. The third kappa shape index (κ3) is 6.26. The zero-order valence-electron chi connectivity index (χ0n) is 17.8. The molecule has 33 heavy (non-hydrogen) atoms. The number of hydrogen-bond donors (Lipinski definition) is 1. The predicted octanol–water partition coefficient (Wildman–Crippen LogP) is 3.20. The summed E-state index contributed by atoms with van der Waals surface area (Å²) in [6.07, 6.45) is 1.23. The first-order chi connectivity index (χ1) is 15.8. The van der Waals surface area contributed by atoms with Gasteiger partial charge in [0.1, 0.15) is 0 Å². The number of sulfonamides is 1. The number of hydrogen-bond acceptors (Lipinski definition) is 8. The molecule has 1 amide bonds. The minimum absolute atomic E-state index is 0.122. The summed E-state index contributed by atoms with van der Waals surface area (Å²) in [6, 6.07) is 14.5. The molecule has 9 nitrogen and oxygen atoms in total. The lowest BCUT2D eigenvalue weighted by atomic mass is 10.2. The second-order valence-corrected chi connectivity index (χ2v) is 10.8. The molecule has 1 aliphatic rings. The maximum atomic E-state index is 12.3. The number of nitrogens with one attached hydrogen (secondary N) is 1. The monoisotopic (exact) mass is 507 g/mol. The van der Waals surface area contributed by atoms with Crippen molar-refractivity contribution in [2.24, 2.45) is 0 Å². The number of aromatic nitrogens is 2. The van der Waals surface area contributed by atoms with E-state index in [2.05, 4.69) is 20.4 Å². The summed E-state index contributed by atoms with van der Waals surface area (Å²) < 4.78 is 30.4. The number of rotatable bonds is 7. The molecule has 0 radical (unpaired) electrons. The number of carbonyl (C=O) groups excluding carboxylic acids is 1. The van der Waals surface area contributed by atoms with Crippen LogP contribution in [0.25, 0.3) is 11.5 Å². The Morgan fingerprint density at radius 3 is 2.36 bits per heavy atom. The van der Waals surface area contributed by atoms with Gasteiger partial charge in [-0.3, -0.25) is 4.79 Å². The summed E-state index contributed by atoms with van der Waals surface area (Å²) in [6.45, 7) is 2.17. The molecular weight excluding hydrogens is 486 g/mol. The van der Waals surface area contributed by atoms with Crippen molar-refractivity contribution in [3.05, 3.63) is 53.6 Å². The van der Waals surface area contributed by atoms with Gasteiger partial charge in [0.05, 0.1) is 12.0 Å². The molecule has 2 heterocycles. The summed E-state index contributed by atoms with van der Waals surface area (Å²) in [7, 11) is -3.15. The fourth-order valence-electron chi connectivity index (χ4n) is 3.34. The number of halogens is 1. The van der Waals surface area contributed by atoms with Crippen molar-refractivity contribution in [1.29, 1.82) is 0 Å². The Bertz CT molecular complexity index is 1210. The first kappa shape index (κ1) is 23.6. The lowest BCUT2D eigenvalue weighted by Crippen LogP contribution is -2.48. The van der Waals surface area contributed by atoms with Gasteiger partial charge in [-0.2, -0.15) is 4.31 Å².